The highest BCUT2D eigenvalue weighted by molar-refractivity contribution is 5.92. The number of ether oxygens (including phenoxy) is 1. The van der Waals surface area contributed by atoms with Crippen LogP contribution in [0, 0.1) is 0 Å². The van der Waals surface area contributed by atoms with Crippen LogP contribution < -0.4 is 10.2 Å². The van der Waals surface area contributed by atoms with Crippen molar-refractivity contribution in [3.8, 4) is 0 Å². The lowest BCUT2D eigenvalue weighted by molar-refractivity contribution is 0.0951. The number of carbonyl (C=O) groups excluding carboxylic acids is 2. The van der Waals surface area contributed by atoms with E-state index in [1.54, 1.807) is 30.0 Å². The fourth-order valence-corrected chi connectivity index (χ4v) is 2.20. The summed E-state index contributed by atoms with van der Waals surface area (Å²) in [6, 6.07) is 3.40. The van der Waals surface area contributed by atoms with Gasteiger partial charge in [0.15, 0.2) is 11.5 Å². The summed E-state index contributed by atoms with van der Waals surface area (Å²) in [5.74, 6) is 0.407. The lowest BCUT2D eigenvalue weighted by atomic mass is 10.3. The van der Waals surface area contributed by atoms with Gasteiger partial charge in [0.25, 0.3) is 5.91 Å². The predicted molar refractivity (Wildman–Crippen MR) is 85.4 cm³/mol. The summed E-state index contributed by atoms with van der Waals surface area (Å²) in [7, 11) is 0. The molecule has 1 aromatic rings. The number of hydrogen-bond acceptors (Lipinski definition) is 6. The fourth-order valence-electron chi connectivity index (χ4n) is 2.20. The van der Waals surface area contributed by atoms with Crippen molar-refractivity contribution in [2.24, 2.45) is 0 Å². The van der Waals surface area contributed by atoms with Crippen molar-refractivity contribution in [1.29, 1.82) is 0 Å². The van der Waals surface area contributed by atoms with Gasteiger partial charge >= 0.3 is 6.09 Å². The molecular formula is C15H21N5O3. The van der Waals surface area contributed by atoms with E-state index in [9.17, 15) is 9.59 Å². The summed E-state index contributed by atoms with van der Waals surface area (Å²) in [6.07, 6.45) is 1.32. The second-order valence-corrected chi connectivity index (χ2v) is 4.95. The summed E-state index contributed by atoms with van der Waals surface area (Å²) >= 11 is 0. The van der Waals surface area contributed by atoms with E-state index < -0.39 is 0 Å². The van der Waals surface area contributed by atoms with Crippen molar-refractivity contribution in [2.45, 2.75) is 6.92 Å². The third kappa shape index (κ3) is 4.41. The van der Waals surface area contributed by atoms with E-state index in [1.807, 2.05) is 4.90 Å². The van der Waals surface area contributed by atoms with E-state index in [4.69, 9.17) is 4.74 Å². The van der Waals surface area contributed by atoms with Crippen LogP contribution in [-0.2, 0) is 4.74 Å². The van der Waals surface area contributed by atoms with Gasteiger partial charge in [0.1, 0.15) is 0 Å². The molecule has 0 bridgehead atoms. The van der Waals surface area contributed by atoms with E-state index in [-0.39, 0.29) is 17.7 Å². The van der Waals surface area contributed by atoms with Crippen molar-refractivity contribution >= 4 is 17.8 Å². The molecule has 1 aliphatic rings. The number of carbonyl (C=O) groups is 2. The van der Waals surface area contributed by atoms with Gasteiger partial charge in [0.05, 0.1) is 6.61 Å². The summed E-state index contributed by atoms with van der Waals surface area (Å²) in [5.41, 5.74) is 0.265. The highest BCUT2D eigenvalue weighted by atomic mass is 16.6. The molecule has 0 saturated carbocycles. The number of nitrogens with one attached hydrogen (secondary N) is 1. The molecule has 1 N–H and O–H groups in total. The zero-order chi connectivity index (χ0) is 16.7. The third-order valence-corrected chi connectivity index (χ3v) is 3.42. The first-order chi connectivity index (χ1) is 11.2. The normalized spacial score (nSPS) is 14.3. The quantitative estimate of drug-likeness (QED) is 0.803. The van der Waals surface area contributed by atoms with Gasteiger partial charge in [-0.25, -0.2) is 4.79 Å². The molecule has 0 aliphatic carbocycles. The van der Waals surface area contributed by atoms with Crippen molar-refractivity contribution in [3.05, 3.63) is 30.5 Å². The molecule has 0 unspecified atom stereocenters. The van der Waals surface area contributed by atoms with Crippen LogP contribution in [0.2, 0.25) is 0 Å². The Kier molecular flexibility index (Phi) is 5.90. The van der Waals surface area contributed by atoms with Crippen LogP contribution in [0.1, 0.15) is 17.4 Å². The molecule has 8 nitrogen and oxygen atoms in total. The second kappa shape index (κ2) is 8.11. The highest BCUT2D eigenvalue weighted by Crippen LogP contribution is 2.13. The SMILES string of the molecule is C=CCNC(=O)c1ccc(N2CCN(C(=O)OCC)CC2)nn1. The van der Waals surface area contributed by atoms with Crippen molar-refractivity contribution < 1.29 is 14.3 Å². The molecule has 1 aromatic heterocycles. The Balaban J connectivity index is 1.90. The van der Waals surface area contributed by atoms with Crippen LogP contribution in [0.4, 0.5) is 10.6 Å². The largest absolute Gasteiger partial charge is 0.450 e. The van der Waals surface area contributed by atoms with Gasteiger partial charge in [-0.2, -0.15) is 0 Å². The summed E-state index contributed by atoms with van der Waals surface area (Å²) in [5, 5.41) is 10.7. The minimum Gasteiger partial charge on any atom is -0.450 e. The topological polar surface area (TPSA) is 87.7 Å². The molecule has 124 valence electrons. The van der Waals surface area contributed by atoms with Crippen LogP contribution >= 0.6 is 0 Å². The minimum atomic E-state index is -0.285. The molecule has 2 heterocycles. The van der Waals surface area contributed by atoms with Crippen LogP contribution in [0.25, 0.3) is 0 Å². The number of anilines is 1. The third-order valence-electron chi connectivity index (χ3n) is 3.42. The predicted octanol–water partition coefficient (Wildman–Crippen LogP) is 0.671. The number of hydrogen-bond donors (Lipinski definition) is 1. The Bertz CT molecular complexity index is 553. The Morgan fingerprint density at radius 3 is 2.61 bits per heavy atom. The van der Waals surface area contributed by atoms with Crippen LogP contribution in [0.3, 0.4) is 0 Å². The maximum Gasteiger partial charge on any atom is 0.409 e. The zero-order valence-electron chi connectivity index (χ0n) is 13.2. The maximum atomic E-state index is 11.7. The molecule has 2 amide bonds. The summed E-state index contributed by atoms with van der Waals surface area (Å²) in [6.45, 7) is 8.53. The van der Waals surface area contributed by atoms with Gasteiger partial charge in [-0.15, -0.1) is 16.8 Å². The molecule has 8 heteroatoms. The van der Waals surface area contributed by atoms with E-state index >= 15 is 0 Å². The van der Waals surface area contributed by atoms with Crippen LogP contribution in [0.5, 0.6) is 0 Å². The number of aromatic nitrogens is 2. The number of amides is 2. The van der Waals surface area contributed by atoms with Gasteiger partial charge in [-0.05, 0) is 19.1 Å². The average Bonchev–Trinajstić information content (AvgIpc) is 2.60. The highest BCUT2D eigenvalue weighted by Gasteiger charge is 2.23. The van der Waals surface area contributed by atoms with Gasteiger partial charge in [0.2, 0.25) is 0 Å². The minimum absolute atomic E-state index is 0.265. The van der Waals surface area contributed by atoms with Crippen LogP contribution in [0.15, 0.2) is 24.8 Å². The monoisotopic (exact) mass is 319 g/mol. The molecule has 1 fully saturated rings. The molecule has 2 rings (SSSR count). The standard InChI is InChI=1S/C15H21N5O3/c1-3-7-16-14(21)12-5-6-13(18-17-12)19-8-10-20(11-9-19)15(22)23-4-2/h3,5-6H,1,4,7-11H2,2H3,(H,16,21). The van der Waals surface area contributed by atoms with Gasteiger partial charge in [-0.1, -0.05) is 6.08 Å². The Hall–Kier alpha value is -2.64. The average molecular weight is 319 g/mol. The summed E-state index contributed by atoms with van der Waals surface area (Å²) < 4.78 is 4.99. The van der Waals surface area contributed by atoms with E-state index in [1.165, 1.54) is 0 Å². The Morgan fingerprint density at radius 1 is 1.30 bits per heavy atom. The molecule has 0 aromatic carbocycles. The van der Waals surface area contributed by atoms with E-state index in [2.05, 4.69) is 22.1 Å². The van der Waals surface area contributed by atoms with Crippen molar-refractivity contribution in [2.75, 3.05) is 44.2 Å². The molecular weight excluding hydrogens is 298 g/mol. The lowest BCUT2D eigenvalue weighted by Gasteiger charge is -2.34. The lowest BCUT2D eigenvalue weighted by Crippen LogP contribution is -2.49. The molecule has 23 heavy (non-hydrogen) atoms. The van der Waals surface area contributed by atoms with Crippen LogP contribution in [-0.4, -0.2) is 66.4 Å². The number of piperazine rings is 1. The van der Waals surface area contributed by atoms with Crippen molar-refractivity contribution in [3.63, 3.8) is 0 Å². The first-order valence-corrected chi connectivity index (χ1v) is 7.55. The zero-order valence-corrected chi connectivity index (χ0v) is 13.2. The first kappa shape index (κ1) is 16.7. The van der Waals surface area contributed by atoms with Gasteiger partial charge in [-0.3, -0.25) is 4.79 Å². The maximum absolute atomic E-state index is 11.7. The van der Waals surface area contributed by atoms with Gasteiger partial charge < -0.3 is 19.9 Å². The molecule has 1 aliphatic heterocycles. The van der Waals surface area contributed by atoms with E-state index in [0.29, 0.717) is 45.1 Å². The fraction of sp³-hybridized carbons (Fsp3) is 0.467. The first-order valence-electron chi connectivity index (χ1n) is 7.55. The van der Waals surface area contributed by atoms with Crippen molar-refractivity contribution in [1.82, 2.24) is 20.4 Å². The number of rotatable bonds is 5. The number of nitrogens with zero attached hydrogens (tertiary/aromatic N) is 4. The van der Waals surface area contributed by atoms with Gasteiger partial charge in [0, 0.05) is 32.7 Å². The summed E-state index contributed by atoms with van der Waals surface area (Å²) in [4.78, 5) is 27.1. The molecule has 0 atom stereocenters. The van der Waals surface area contributed by atoms with E-state index in [0.717, 1.165) is 0 Å². The molecule has 1 saturated heterocycles. The Morgan fingerprint density at radius 2 is 2.04 bits per heavy atom. The second-order valence-electron chi connectivity index (χ2n) is 4.95. The molecule has 0 radical (unpaired) electrons. The molecule has 0 spiro atoms. The smallest absolute Gasteiger partial charge is 0.409 e. The Labute approximate surface area is 135 Å².